The average molecular weight is 395 g/mol. The van der Waals surface area contributed by atoms with Crippen LogP contribution in [0.1, 0.15) is 29.7 Å². The molecule has 0 spiro atoms. The summed E-state index contributed by atoms with van der Waals surface area (Å²) in [4.78, 5) is 19.2. The third-order valence-corrected chi connectivity index (χ3v) is 5.42. The summed E-state index contributed by atoms with van der Waals surface area (Å²) in [5, 5.41) is 9.71. The van der Waals surface area contributed by atoms with E-state index in [2.05, 4.69) is 15.2 Å². The molecule has 1 atom stereocenters. The summed E-state index contributed by atoms with van der Waals surface area (Å²) in [5.74, 6) is 0.126. The van der Waals surface area contributed by atoms with Gasteiger partial charge >= 0.3 is 6.18 Å². The standard InChI is InChI=1S/C17H16F3N5OS/c1-10-22-23-16(27-10)24-8-4-7-13(24)14-21-12-6-3-2-5-11(12)15(26)25(14)9-17(18,19)20/h2-3,5-6,13H,4,7-9H2,1H3. The second kappa shape index (κ2) is 6.59. The lowest BCUT2D eigenvalue weighted by atomic mass is 10.1. The number of aryl methyl sites for hydroxylation is 1. The number of alkyl halides is 3. The van der Waals surface area contributed by atoms with E-state index >= 15 is 0 Å². The Morgan fingerprint density at radius 2 is 2.04 bits per heavy atom. The lowest BCUT2D eigenvalue weighted by Crippen LogP contribution is -2.35. The number of halogens is 3. The largest absolute Gasteiger partial charge is 0.406 e. The van der Waals surface area contributed by atoms with Gasteiger partial charge in [0.15, 0.2) is 0 Å². The molecule has 1 fully saturated rings. The van der Waals surface area contributed by atoms with E-state index in [1.807, 2.05) is 11.8 Å². The van der Waals surface area contributed by atoms with Crippen LogP contribution in [0.3, 0.4) is 0 Å². The Balaban J connectivity index is 1.88. The van der Waals surface area contributed by atoms with E-state index in [1.54, 1.807) is 18.2 Å². The lowest BCUT2D eigenvalue weighted by Gasteiger charge is -2.26. The predicted octanol–water partition coefficient (Wildman–Crippen LogP) is 3.46. The highest BCUT2D eigenvalue weighted by Crippen LogP contribution is 2.37. The van der Waals surface area contributed by atoms with E-state index < -0.39 is 24.3 Å². The van der Waals surface area contributed by atoms with E-state index in [1.165, 1.54) is 17.4 Å². The van der Waals surface area contributed by atoms with Gasteiger partial charge in [-0.25, -0.2) is 4.98 Å². The number of para-hydroxylation sites is 1. The average Bonchev–Trinajstić information content (AvgIpc) is 3.25. The van der Waals surface area contributed by atoms with Gasteiger partial charge in [-0.1, -0.05) is 23.5 Å². The normalized spacial score (nSPS) is 17.8. The molecule has 10 heteroatoms. The maximum Gasteiger partial charge on any atom is 0.406 e. The number of hydrogen-bond acceptors (Lipinski definition) is 6. The van der Waals surface area contributed by atoms with Crippen molar-refractivity contribution in [1.82, 2.24) is 19.7 Å². The highest BCUT2D eigenvalue weighted by Gasteiger charge is 2.36. The highest BCUT2D eigenvalue weighted by molar-refractivity contribution is 7.15. The van der Waals surface area contributed by atoms with Crippen molar-refractivity contribution in [3.05, 3.63) is 45.5 Å². The number of rotatable bonds is 3. The van der Waals surface area contributed by atoms with Crippen LogP contribution in [0.4, 0.5) is 18.3 Å². The second-order valence-electron chi connectivity index (χ2n) is 6.45. The smallest absolute Gasteiger partial charge is 0.336 e. The SMILES string of the molecule is Cc1nnc(N2CCCC2c2nc3ccccc3c(=O)n2CC(F)(F)F)s1. The fourth-order valence-electron chi connectivity index (χ4n) is 3.44. The lowest BCUT2D eigenvalue weighted by molar-refractivity contribution is -0.141. The molecular formula is C17H16F3N5OS. The molecule has 1 aromatic carbocycles. The van der Waals surface area contributed by atoms with Crippen molar-refractivity contribution in [3.63, 3.8) is 0 Å². The van der Waals surface area contributed by atoms with Crippen molar-refractivity contribution in [1.29, 1.82) is 0 Å². The van der Waals surface area contributed by atoms with Gasteiger partial charge in [-0.2, -0.15) is 13.2 Å². The van der Waals surface area contributed by atoms with Crippen molar-refractivity contribution >= 4 is 27.4 Å². The highest BCUT2D eigenvalue weighted by atomic mass is 32.1. The van der Waals surface area contributed by atoms with Crippen LogP contribution in [0.5, 0.6) is 0 Å². The zero-order chi connectivity index (χ0) is 19.2. The molecular weight excluding hydrogens is 379 g/mol. The first-order chi connectivity index (χ1) is 12.8. The quantitative estimate of drug-likeness (QED) is 0.680. The summed E-state index contributed by atoms with van der Waals surface area (Å²) < 4.78 is 40.3. The molecule has 6 nitrogen and oxygen atoms in total. The molecule has 4 rings (SSSR count). The number of aromatic nitrogens is 4. The molecule has 142 valence electrons. The molecule has 3 aromatic rings. The molecule has 0 amide bonds. The zero-order valence-corrected chi connectivity index (χ0v) is 15.2. The number of anilines is 1. The van der Waals surface area contributed by atoms with Gasteiger partial charge in [-0.05, 0) is 31.9 Å². The Bertz CT molecular complexity index is 1040. The number of fused-ring (bicyclic) bond motifs is 1. The molecule has 0 N–H and O–H groups in total. The van der Waals surface area contributed by atoms with Crippen LogP contribution in [0.25, 0.3) is 10.9 Å². The van der Waals surface area contributed by atoms with Gasteiger partial charge in [0, 0.05) is 6.54 Å². The third kappa shape index (κ3) is 3.41. The van der Waals surface area contributed by atoms with Gasteiger partial charge < -0.3 is 4.90 Å². The Hall–Kier alpha value is -2.49. The number of nitrogens with zero attached hydrogens (tertiary/aromatic N) is 5. The van der Waals surface area contributed by atoms with Crippen LogP contribution in [0, 0.1) is 6.92 Å². The molecule has 2 aromatic heterocycles. The van der Waals surface area contributed by atoms with Crippen LogP contribution in [-0.4, -0.2) is 32.5 Å². The third-order valence-electron chi connectivity index (χ3n) is 4.54. The molecule has 0 bridgehead atoms. The van der Waals surface area contributed by atoms with Crippen LogP contribution in [-0.2, 0) is 6.54 Å². The molecule has 0 radical (unpaired) electrons. The zero-order valence-electron chi connectivity index (χ0n) is 14.4. The number of hydrogen-bond donors (Lipinski definition) is 0. The summed E-state index contributed by atoms with van der Waals surface area (Å²) in [6, 6.07) is 6.04. The van der Waals surface area contributed by atoms with Gasteiger partial charge in [-0.15, -0.1) is 10.2 Å². The van der Waals surface area contributed by atoms with E-state index in [0.717, 1.165) is 16.0 Å². The van der Waals surface area contributed by atoms with Crippen LogP contribution in [0.2, 0.25) is 0 Å². The van der Waals surface area contributed by atoms with Crippen molar-refractivity contribution in [2.45, 2.75) is 38.5 Å². The molecule has 1 aliphatic rings. The van der Waals surface area contributed by atoms with E-state index in [0.29, 0.717) is 23.6 Å². The van der Waals surface area contributed by atoms with Crippen molar-refractivity contribution < 1.29 is 13.2 Å². The topological polar surface area (TPSA) is 63.9 Å². The van der Waals surface area contributed by atoms with Gasteiger partial charge in [0.2, 0.25) is 5.13 Å². The summed E-state index contributed by atoms with van der Waals surface area (Å²) in [6.45, 7) is 1.09. The Morgan fingerprint density at radius 1 is 1.26 bits per heavy atom. The van der Waals surface area contributed by atoms with E-state index in [-0.39, 0.29) is 11.2 Å². The first-order valence-electron chi connectivity index (χ1n) is 8.46. The van der Waals surface area contributed by atoms with Crippen LogP contribution >= 0.6 is 11.3 Å². The fourth-order valence-corrected chi connectivity index (χ4v) is 4.20. The minimum absolute atomic E-state index is 0.126. The molecule has 0 aliphatic carbocycles. The second-order valence-corrected chi connectivity index (χ2v) is 7.61. The molecule has 1 saturated heterocycles. The maximum absolute atomic E-state index is 13.2. The van der Waals surface area contributed by atoms with Crippen molar-refractivity contribution in [2.24, 2.45) is 0 Å². The summed E-state index contributed by atoms with van der Waals surface area (Å²) >= 11 is 1.38. The molecule has 3 heterocycles. The van der Waals surface area contributed by atoms with Gasteiger partial charge in [0.1, 0.15) is 17.4 Å². The predicted molar refractivity (Wildman–Crippen MR) is 96.0 cm³/mol. The summed E-state index contributed by atoms with van der Waals surface area (Å²) in [7, 11) is 0. The summed E-state index contributed by atoms with van der Waals surface area (Å²) in [6.07, 6.45) is -3.15. The van der Waals surface area contributed by atoms with Gasteiger partial charge in [-0.3, -0.25) is 9.36 Å². The first kappa shape index (κ1) is 17.9. The van der Waals surface area contributed by atoms with Crippen molar-refractivity contribution in [3.8, 4) is 0 Å². The Morgan fingerprint density at radius 3 is 2.74 bits per heavy atom. The maximum atomic E-state index is 13.2. The fraction of sp³-hybridized carbons (Fsp3) is 0.412. The minimum Gasteiger partial charge on any atom is -0.336 e. The minimum atomic E-state index is -4.52. The van der Waals surface area contributed by atoms with Gasteiger partial charge in [0.05, 0.1) is 16.9 Å². The molecule has 0 saturated carbocycles. The van der Waals surface area contributed by atoms with Crippen LogP contribution in [0.15, 0.2) is 29.1 Å². The van der Waals surface area contributed by atoms with Crippen LogP contribution < -0.4 is 10.5 Å². The monoisotopic (exact) mass is 395 g/mol. The number of benzene rings is 1. The first-order valence-corrected chi connectivity index (χ1v) is 9.28. The summed E-state index contributed by atoms with van der Waals surface area (Å²) in [5.41, 5.74) is -0.274. The van der Waals surface area contributed by atoms with Crippen molar-refractivity contribution in [2.75, 3.05) is 11.4 Å². The Kier molecular flexibility index (Phi) is 4.37. The van der Waals surface area contributed by atoms with E-state index in [9.17, 15) is 18.0 Å². The van der Waals surface area contributed by atoms with E-state index in [4.69, 9.17) is 0 Å². The molecule has 1 unspecified atom stereocenters. The molecule has 27 heavy (non-hydrogen) atoms. The van der Waals surface area contributed by atoms with Gasteiger partial charge in [0.25, 0.3) is 5.56 Å². The Labute approximate surface area is 156 Å². The molecule has 1 aliphatic heterocycles.